The highest BCUT2D eigenvalue weighted by molar-refractivity contribution is 5.31. The molecule has 5 rings (SSSR count). The van der Waals surface area contributed by atoms with Crippen molar-refractivity contribution >= 4 is 0 Å². The zero-order valence-corrected chi connectivity index (χ0v) is 14.0. The van der Waals surface area contributed by atoms with Gasteiger partial charge in [0, 0.05) is 0 Å². The fourth-order valence-electron chi connectivity index (χ4n) is 7.59. The van der Waals surface area contributed by atoms with E-state index < -0.39 is 0 Å². The summed E-state index contributed by atoms with van der Waals surface area (Å²) in [5, 5.41) is 20.8. The molecular formula is C20H30O2. The first kappa shape index (κ1) is 14.0. The lowest BCUT2D eigenvalue weighted by molar-refractivity contribution is -0.0748. The molecule has 0 radical (unpaired) electrons. The third-order valence-corrected chi connectivity index (χ3v) is 9.02. The van der Waals surface area contributed by atoms with E-state index in [1.54, 1.807) is 5.57 Å². The van der Waals surface area contributed by atoms with Crippen LogP contribution < -0.4 is 0 Å². The molecule has 0 unspecified atom stereocenters. The Morgan fingerprint density at radius 1 is 1.00 bits per heavy atom. The molecule has 0 aromatic rings. The number of aliphatic hydroxyl groups is 2. The van der Waals surface area contributed by atoms with Crippen LogP contribution in [0.5, 0.6) is 0 Å². The lowest BCUT2D eigenvalue weighted by Crippen LogP contribution is -2.52. The van der Waals surface area contributed by atoms with E-state index in [-0.39, 0.29) is 17.6 Å². The number of aliphatic hydroxyl groups excluding tert-OH is 2. The zero-order chi connectivity index (χ0) is 15.3. The van der Waals surface area contributed by atoms with E-state index in [2.05, 4.69) is 19.9 Å². The van der Waals surface area contributed by atoms with Gasteiger partial charge in [0.25, 0.3) is 0 Å². The monoisotopic (exact) mass is 302 g/mol. The van der Waals surface area contributed by atoms with Crippen molar-refractivity contribution in [2.75, 3.05) is 0 Å². The highest BCUT2D eigenvalue weighted by atomic mass is 16.3. The van der Waals surface area contributed by atoms with Crippen molar-refractivity contribution in [1.82, 2.24) is 0 Å². The molecule has 4 saturated carbocycles. The average Bonchev–Trinajstić information content (AvgIpc) is 3.24. The molecule has 122 valence electrons. The molecule has 0 aromatic heterocycles. The molecule has 0 aliphatic heterocycles. The van der Waals surface area contributed by atoms with E-state index in [9.17, 15) is 10.2 Å². The minimum atomic E-state index is -0.0708. The molecule has 0 bridgehead atoms. The van der Waals surface area contributed by atoms with Crippen LogP contribution in [0, 0.1) is 40.4 Å². The molecule has 0 amide bonds. The van der Waals surface area contributed by atoms with Crippen LogP contribution in [-0.4, -0.2) is 22.4 Å². The van der Waals surface area contributed by atoms with Crippen molar-refractivity contribution in [1.29, 1.82) is 0 Å². The van der Waals surface area contributed by atoms with Gasteiger partial charge in [-0.15, -0.1) is 0 Å². The van der Waals surface area contributed by atoms with Crippen LogP contribution in [0.2, 0.25) is 0 Å². The maximum absolute atomic E-state index is 10.5. The Kier molecular flexibility index (Phi) is 2.67. The number of rotatable bonds is 0. The van der Waals surface area contributed by atoms with Crippen LogP contribution in [-0.2, 0) is 0 Å². The maximum atomic E-state index is 10.5. The third kappa shape index (κ3) is 1.50. The Bertz CT molecular complexity index is 540. The second-order valence-corrected chi connectivity index (χ2v) is 9.54. The molecule has 9 atom stereocenters. The second-order valence-electron chi connectivity index (χ2n) is 9.54. The molecule has 4 fully saturated rings. The van der Waals surface area contributed by atoms with Crippen LogP contribution in [0.3, 0.4) is 0 Å². The second kappa shape index (κ2) is 4.19. The molecule has 0 heterocycles. The van der Waals surface area contributed by atoms with Crippen LogP contribution >= 0.6 is 0 Å². The molecule has 2 N–H and O–H groups in total. The standard InChI is InChI=1S/C20H30O2/c1-19-8-7-15-12(14(19)5-6-18(19)22)4-3-11-9-17(21)13-10-16(13)20(11,15)2/h3,12-18,21-22H,4-10H2,1-2H3/t12-,13-,14-,15-,16+,17+,18-,19-,20-/m0/s1. The normalized spacial score (nSPS) is 62.4. The van der Waals surface area contributed by atoms with Gasteiger partial charge >= 0.3 is 0 Å². The van der Waals surface area contributed by atoms with Gasteiger partial charge in [-0.2, -0.15) is 0 Å². The Morgan fingerprint density at radius 3 is 2.64 bits per heavy atom. The summed E-state index contributed by atoms with van der Waals surface area (Å²) in [6.45, 7) is 4.89. The zero-order valence-electron chi connectivity index (χ0n) is 14.0. The molecule has 5 aliphatic rings. The van der Waals surface area contributed by atoms with Crippen LogP contribution in [0.15, 0.2) is 11.6 Å². The fourth-order valence-corrected chi connectivity index (χ4v) is 7.59. The summed E-state index contributed by atoms with van der Waals surface area (Å²) in [5.74, 6) is 3.63. The highest BCUT2D eigenvalue weighted by Gasteiger charge is 2.65. The third-order valence-electron chi connectivity index (χ3n) is 9.02. The predicted molar refractivity (Wildman–Crippen MR) is 86.1 cm³/mol. The minimum Gasteiger partial charge on any atom is -0.393 e. The molecule has 5 aliphatic carbocycles. The Labute approximate surface area is 134 Å². The first-order chi connectivity index (χ1) is 10.5. The minimum absolute atomic E-state index is 0.0666. The predicted octanol–water partition coefficient (Wildman–Crippen LogP) is 3.53. The Hall–Kier alpha value is -0.340. The summed E-state index contributed by atoms with van der Waals surface area (Å²) in [5.41, 5.74) is 2.13. The number of fused-ring (bicyclic) bond motifs is 7. The van der Waals surface area contributed by atoms with Gasteiger partial charge in [-0.05, 0) is 85.4 Å². The van der Waals surface area contributed by atoms with Gasteiger partial charge in [0.05, 0.1) is 12.2 Å². The van der Waals surface area contributed by atoms with Gasteiger partial charge in [0.15, 0.2) is 0 Å². The van der Waals surface area contributed by atoms with Crippen molar-refractivity contribution in [3.8, 4) is 0 Å². The summed E-state index contributed by atoms with van der Waals surface area (Å²) < 4.78 is 0. The summed E-state index contributed by atoms with van der Waals surface area (Å²) >= 11 is 0. The van der Waals surface area contributed by atoms with Gasteiger partial charge in [-0.1, -0.05) is 25.5 Å². The molecule has 0 spiro atoms. The summed E-state index contributed by atoms with van der Waals surface area (Å²) in [6, 6.07) is 0. The number of hydrogen-bond acceptors (Lipinski definition) is 2. The van der Waals surface area contributed by atoms with E-state index in [0.717, 1.165) is 36.5 Å². The van der Waals surface area contributed by atoms with E-state index in [0.29, 0.717) is 11.3 Å². The topological polar surface area (TPSA) is 40.5 Å². The van der Waals surface area contributed by atoms with Crippen molar-refractivity contribution < 1.29 is 10.2 Å². The summed E-state index contributed by atoms with van der Waals surface area (Å²) in [6.07, 6.45) is 10.5. The Morgan fingerprint density at radius 2 is 1.82 bits per heavy atom. The average molecular weight is 302 g/mol. The SMILES string of the molecule is C[C@]12CC[C@H]3[C@@H](CC=C4C[C@@H](O)[C@H]5C[C@H]5[C@@]43C)[C@@H]1CC[C@@H]2O. The molecule has 2 heteroatoms. The molecular weight excluding hydrogens is 272 g/mol. The first-order valence-corrected chi connectivity index (χ1v) is 9.52. The summed E-state index contributed by atoms with van der Waals surface area (Å²) in [7, 11) is 0. The lowest BCUT2D eigenvalue weighted by atomic mass is 9.47. The van der Waals surface area contributed by atoms with E-state index in [1.165, 1.54) is 32.1 Å². The highest BCUT2D eigenvalue weighted by Crippen LogP contribution is 2.71. The van der Waals surface area contributed by atoms with E-state index in [1.807, 2.05) is 0 Å². The van der Waals surface area contributed by atoms with E-state index in [4.69, 9.17) is 0 Å². The van der Waals surface area contributed by atoms with Crippen LogP contribution in [0.25, 0.3) is 0 Å². The molecule has 0 aromatic carbocycles. The van der Waals surface area contributed by atoms with Crippen LogP contribution in [0.1, 0.15) is 58.8 Å². The fraction of sp³-hybridized carbons (Fsp3) is 0.900. The number of allylic oxidation sites excluding steroid dienone is 1. The molecule has 22 heavy (non-hydrogen) atoms. The summed E-state index contributed by atoms with van der Waals surface area (Å²) in [4.78, 5) is 0. The van der Waals surface area contributed by atoms with Crippen LogP contribution in [0.4, 0.5) is 0 Å². The Balaban J connectivity index is 1.54. The lowest BCUT2D eigenvalue weighted by Gasteiger charge is -2.57. The van der Waals surface area contributed by atoms with Crippen molar-refractivity contribution in [3.63, 3.8) is 0 Å². The first-order valence-electron chi connectivity index (χ1n) is 9.52. The largest absolute Gasteiger partial charge is 0.393 e. The van der Waals surface area contributed by atoms with Gasteiger partial charge in [-0.3, -0.25) is 0 Å². The van der Waals surface area contributed by atoms with Gasteiger partial charge in [0.2, 0.25) is 0 Å². The molecule has 2 nitrogen and oxygen atoms in total. The van der Waals surface area contributed by atoms with Crippen molar-refractivity contribution in [3.05, 3.63) is 11.6 Å². The molecule has 0 saturated heterocycles. The van der Waals surface area contributed by atoms with Gasteiger partial charge in [-0.25, -0.2) is 0 Å². The number of hydrogen-bond donors (Lipinski definition) is 2. The van der Waals surface area contributed by atoms with Crippen molar-refractivity contribution in [2.24, 2.45) is 40.4 Å². The van der Waals surface area contributed by atoms with E-state index >= 15 is 0 Å². The van der Waals surface area contributed by atoms with Gasteiger partial charge < -0.3 is 10.2 Å². The quantitative estimate of drug-likeness (QED) is 0.672. The maximum Gasteiger partial charge on any atom is 0.0608 e. The van der Waals surface area contributed by atoms with Gasteiger partial charge in [0.1, 0.15) is 0 Å². The smallest absolute Gasteiger partial charge is 0.0608 e. The van der Waals surface area contributed by atoms with Crippen molar-refractivity contribution in [2.45, 2.75) is 71.0 Å².